The van der Waals surface area contributed by atoms with Gasteiger partial charge in [-0.2, -0.15) is 0 Å². The molecule has 2 heterocycles. The summed E-state index contributed by atoms with van der Waals surface area (Å²) in [5.74, 6) is 1.15. The molecule has 0 amide bonds. The fourth-order valence-corrected chi connectivity index (χ4v) is 1.85. The molecule has 4 nitrogen and oxygen atoms in total. The first-order valence-corrected chi connectivity index (χ1v) is 5.31. The standard InChI is InChI=1S/C13H10N2O2/c16-7-11-3-2-10(17-11)5-9-1-4-12-13(6-9)15-8-14-12/h1-4,6-8H,5H2,(H,14,15). The van der Waals surface area contributed by atoms with Crippen LogP contribution in [0.25, 0.3) is 11.0 Å². The first-order chi connectivity index (χ1) is 8.35. The molecule has 1 aromatic carbocycles. The van der Waals surface area contributed by atoms with Gasteiger partial charge in [0.1, 0.15) is 5.76 Å². The maximum Gasteiger partial charge on any atom is 0.185 e. The van der Waals surface area contributed by atoms with Gasteiger partial charge in [-0.3, -0.25) is 4.79 Å². The molecule has 0 aliphatic rings. The lowest BCUT2D eigenvalue weighted by Gasteiger charge is -1.98. The van der Waals surface area contributed by atoms with E-state index in [1.807, 2.05) is 24.3 Å². The van der Waals surface area contributed by atoms with Gasteiger partial charge in [-0.05, 0) is 29.8 Å². The van der Waals surface area contributed by atoms with E-state index in [1.165, 1.54) is 0 Å². The van der Waals surface area contributed by atoms with Crippen molar-refractivity contribution in [1.29, 1.82) is 0 Å². The van der Waals surface area contributed by atoms with Crippen molar-refractivity contribution in [2.45, 2.75) is 6.42 Å². The number of aromatic nitrogens is 2. The Labute approximate surface area is 97.3 Å². The number of carbonyl (C=O) groups is 1. The monoisotopic (exact) mass is 226 g/mol. The summed E-state index contributed by atoms with van der Waals surface area (Å²) in [6, 6.07) is 9.50. The summed E-state index contributed by atoms with van der Waals surface area (Å²) in [6.45, 7) is 0. The van der Waals surface area contributed by atoms with Crippen LogP contribution in [-0.2, 0) is 6.42 Å². The van der Waals surface area contributed by atoms with Crippen LogP contribution in [0.1, 0.15) is 21.9 Å². The fraction of sp³-hybridized carbons (Fsp3) is 0.0769. The number of hydrogen-bond donors (Lipinski definition) is 1. The van der Waals surface area contributed by atoms with E-state index in [2.05, 4.69) is 9.97 Å². The summed E-state index contributed by atoms with van der Waals surface area (Å²) in [4.78, 5) is 17.7. The van der Waals surface area contributed by atoms with Crippen molar-refractivity contribution in [3.05, 3.63) is 53.7 Å². The lowest BCUT2D eigenvalue weighted by molar-refractivity contribution is 0.109. The number of furan rings is 1. The number of carbonyl (C=O) groups excluding carboxylic acids is 1. The zero-order valence-electron chi connectivity index (χ0n) is 9.01. The van der Waals surface area contributed by atoms with Gasteiger partial charge in [0.25, 0.3) is 0 Å². The van der Waals surface area contributed by atoms with Gasteiger partial charge in [0.2, 0.25) is 0 Å². The zero-order valence-corrected chi connectivity index (χ0v) is 9.01. The number of hydrogen-bond acceptors (Lipinski definition) is 3. The average molecular weight is 226 g/mol. The SMILES string of the molecule is O=Cc1ccc(Cc2ccc3nc[nH]c3c2)o1. The smallest absolute Gasteiger partial charge is 0.185 e. The van der Waals surface area contributed by atoms with Crippen LogP contribution in [0.2, 0.25) is 0 Å². The summed E-state index contributed by atoms with van der Waals surface area (Å²) < 4.78 is 5.34. The van der Waals surface area contributed by atoms with Gasteiger partial charge in [0.15, 0.2) is 12.0 Å². The Hall–Kier alpha value is -2.36. The minimum Gasteiger partial charge on any atom is -0.458 e. The number of fused-ring (bicyclic) bond motifs is 1. The second-order valence-electron chi connectivity index (χ2n) is 3.85. The van der Waals surface area contributed by atoms with E-state index in [-0.39, 0.29) is 0 Å². The Bertz CT molecular complexity index is 667. The molecule has 3 aromatic rings. The molecule has 0 aliphatic carbocycles. The molecule has 0 radical (unpaired) electrons. The van der Waals surface area contributed by atoms with Crippen LogP contribution in [0.5, 0.6) is 0 Å². The Morgan fingerprint density at radius 2 is 2.24 bits per heavy atom. The van der Waals surface area contributed by atoms with Crippen molar-refractivity contribution < 1.29 is 9.21 Å². The number of nitrogens with one attached hydrogen (secondary N) is 1. The highest BCUT2D eigenvalue weighted by Crippen LogP contribution is 2.16. The number of imidazole rings is 1. The third-order valence-electron chi connectivity index (χ3n) is 2.66. The molecule has 4 heteroatoms. The van der Waals surface area contributed by atoms with Gasteiger partial charge in [-0.15, -0.1) is 0 Å². The Kier molecular flexibility index (Phi) is 2.26. The van der Waals surface area contributed by atoms with Crippen LogP contribution in [0, 0.1) is 0 Å². The maximum atomic E-state index is 10.5. The summed E-state index contributed by atoms with van der Waals surface area (Å²) in [5.41, 5.74) is 3.07. The number of rotatable bonds is 3. The number of aldehydes is 1. The van der Waals surface area contributed by atoms with Crippen LogP contribution in [0.4, 0.5) is 0 Å². The van der Waals surface area contributed by atoms with E-state index < -0.39 is 0 Å². The maximum absolute atomic E-state index is 10.5. The molecule has 0 fully saturated rings. The number of H-pyrrole nitrogens is 1. The van der Waals surface area contributed by atoms with E-state index in [4.69, 9.17) is 4.42 Å². The molecule has 2 aromatic heterocycles. The van der Waals surface area contributed by atoms with Crippen LogP contribution in [-0.4, -0.2) is 16.3 Å². The lowest BCUT2D eigenvalue weighted by Crippen LogP contribution is -1.85. The highest BCUT2D eigenvalue weighted by molar-refractivity contribution is 5.75. The minimum atomic E-state index is 0.364. The van der Waals surface area contributed by atoms with Crippen molar-refractivity contribution in [2.24, 2.45) is 0 Å². The first-order valence-electron chi connectivity index (χ1n) is 5.31. The molecule has 0 saturated carbocycles. The molecular weight excluding hydrogens is 216 g/mol. The Balaban J connectivity index is 1.90. The van der Waals surface area contributed by atoms with Gasteiger partial charge < -0.3 is 9.40 Å². The van der Waals surface area contributed by atoms with E-state index in [0.29, 0.717) is 18.5 Å². The number of aromatic amines is 1. The van der Waals surface area contributed by atoms with Crippen molar-refractivity contribution >= 4 is 17.3 Å². The molecule has 0 unspecified atom stereocenters. The predicted molar refractivity (Wildman–Crippen MR) is 63.0 cm³/mol. The van der Waals surface area contributed by atoms with Gasteiger partial charge in [0, 0.05) is 6.42 Å². The molecule has 0 saturated heterocycles. The Morgan fingerprint density at radius 1 is 1.29 bits per heavy atom. The van der Waals surface area contributed by atoms with Gasteiger partial charge in [-0.1, -0.05) is 6.07 Å². The molecular formula is C13H10N2O2. The molecule has 17 heavy (non-hydrogen) atoms. The second-order valence-corrected chi connectivity index (χ2v) is 3.85. The molecule has 0 spiro atoms. The van der Waals surface area contributed by atoms with Crippen LogP contribution in [0.3, 0.4) is 0 Å². The van der Waals surface area contributed by atoms with Crippen molar-refractivity contribution in [2.75, 3.05) is 0 Å². The van der Waals surface area contributed by atoms with Gasteiger partial charge >= 0.3 is 0 Å². The molecule has 1 N–H and O–H groups in total. The fourth-order valence-electron chi connectivity index (χ4n) is 1.85. The highest BCUT2D eigenvalue weighted by atomic mass is 16.3. The number of benzene rings is 1. The largest absolute Gasteiger partial charge is 0.458 e. The lowest BCUT2D eigenvalue weighted by atomic mass is 10.1. The summed E-state index contributed by atoms with van der Waals surface area (Å²) in [5, 5.41) is 0. The molecule has 84 valence electrons. The molecule has 0 aliphatic heterocycles. The van der Waals surface area contributed by atoms with Crippen molar-refractivity contribution in [3.8, 4) is 0 Å². The van der Waals surface area contributed by atoms with Gasteiger partial charge in [-0.25, -0.2) is 4.98 Å². The van der Waals surface area contributed by atoms with Crippen molar-refractivity contribution in [1.82, 2.24) is 9.97 Å². The van der Waals surface area contributed by atoms with E-state index in [1.54, 1.807) is 12.4 Å². The van der Waals surface area contributed by atoms with Crippen LogP contribution < -0.4 is 0 Å². The second kappa shape index (κ2) is 3.90. The summed E-state index contributed by atoms with van der Waals surface area (Å²) in [6.07, 6.45) is 3.05. The van der Waals surface area contributed by atoms with Crippen LogP contribution >= 0.6 is 0 Å². The van der Waals surface area contributed by atoms with Gasteiger partial charge in [0.05, 0.1) is 17.4 Å². The molecule has 3 rings (SSSR count). The topological polar surface area (TPSA) is 58.9 Å². The quantitative estimate of drug-likeness (QED) is 0.698. The summed E-state index contributed by atoms with van der Waals surface area (Å²) in [7, 11) is 0. The third kappa shape index (κ3) is 1.85. The van der Waals surface area contributed by atoms with E-state index in [9.17, 15) is 4.79 Å². The summed E-state index contributed by atoms with van der Waals surface area (Å²) >= 11 is 0. The average Bonchev–Trinajstić information content (AvgIpc) is 2.96. The minimum absolute atomic E-state index is 0.364. The van der Waals surface area contributed by atoms with Crippen molar-refractivity contribution in [3.63, 3.8) is 0 Å². The normalized spacial score (nSPS) is 10.8. The molecule has 0 atom stereocenters. The number of nitrogens with zero attached hydrogens (tertiary/aromatic N) is 1. The predicted octanol–water partition coefficient (Wildman–Crippen LogP) is 2.56. The third-order valence-corrected chi connectivity index (χ3v) is 2.66. The zero-order chi connectivity index (χ0) is 11.7. The van der Waals surface area contributed by atoms with Crippen LogP contribution in [0.15, 0.2) is 41.1 Å². The first kappa shape index (κ1) is 9.84. The molecule has 0 bridgehead atoms. The van der Waals surface area contributed by atoms with E-state index >= 15 is 0 Å². The Morgan fingerprint density at radius 3 is 3.06 bits per heavy atom. The van der Waals surface area contributed by atoms with E-state index in [0.717, 1.165) is 22.4 Å². The highest BCUT2D eigenvalue weighted by Gasteiger charge is 2.04.